The molecule has 1 amide bonds. The van der Waals surface area contributed by atoms with Crippen LogP contribution in [0, 0.1) is 19.8 Å². The van der Waals surface area contributed by atoms with Crippen LogP contribution in [0.1, 0.15) is 34.9 Å². The Morgan fingerprint density at radius 1 is 1.35 bits per heavy atom. The number of carbonyl (C=O) groups excluding carboxylic acids is 1. The maximum absolute atomic E-state index is 12.8. The van der Waals surface area contributed by atoms with Crippen molar-refractivity contribution in [2.45, 2.75) is 32.4 Å². The van der Waals surface area contributed by atoms with Gasteiger partial charge in [0.05, 0.1) is 22.6 Å². The SMILES string of the molecule is Cc1n[nH]c(C)c1NC(=O)C1CC1c1cccc(C(F)(F)F)c1. The van der Waals surface area contributed by atoms with Crippen LogP contribution >= 0.6 is 0 Å². The van der Waals surface area contributed by atoms with Crippen molar-refractivity contribution in [1.82, 2.24) is 10.2 Å². The minimum absolute atomic E-state index is 0.162. The lowest BCUT2D eigenvalue weighted by atomic mass is 10.1. The number of aromatic amines is 1. The number of anilines is 1. The van der Waals surface area contributed by atoms with Crippen molar-refractivity contribution < 1.29 is 18.0 Å². The van der Waals surface area contributed by atoms with E-state index in [1.807, 2.05) is 0 Å². The largest absolute Gasteiger partial charge is 0.416 e. The Bertz CT molecular complexity index is 732. The Morgan fingerprint density at radius 2 is 2.09 bits per heavy atom. The number of aryl methyl sites for hydroxylation is 2. The second-order valence-corrected chi connectivity index (χ2v) is 5.87. The van der Waals surface area contributed by atoms with Gasteiger partial charge in [0.1, 0.15) is 0 Å². The van der Waals surface area contributed by atoms with Crippen LogP contribution < -0.4 is 5.32 Å². The summed E-state index contributed by atoms with van der Waals surface area (Å²) >= 11 is 0. The zero-order chi connectivity index (χ0) is 16.8. The molecule has 2 unspecified atom stereocenters. The summed E-state index contributed by atoms with van der Waals surface area (Å²) in [6.07, 6.45) is -3.81. The van der Waals surface area contributed by atoms with E-state index in [0.29, 0.717) is 23.4 Å². The molecule has 0 bridgehead atoms. The lowest BCUT2D eigenvalue weighted by Gasteiger charge is -2.09. The fourth-order valence-corrected chi connectivity index (χ4v) is 2.75. The van der Waals surface area contributed by atoms with Gasteiger partial charge in [-0.3, -0.25) is 9.89 Å². The number of hydrogen-bond donors (Lipinski definition) is 2. The summed E-state index contributed by atoms with van der Waals surface area (Å²) in [6.45, 7) is 3.57. The molecule has 1 heterocycles. The maximum atomic E-state index is 12.8. The molecule has 0 radical (unpaired) electrons. The number of H-pyrrole nitrogens is 1. The molecule has 2 atom stereocenters. The zero-order valence-electron chi connectivity index (χ0n) is 12.7. The summed E-state index contributed by atoms with van der Waals surface area (Å²) < 4.78 is 38.3. The van der Waals surface area contributed by atoms with Gasteiger partial charge >= 0.3 is 6.18 Å². The molecular weight excluding hydrogens is 307 g/mol. The van der Waals surface area contributed by atoms with Crippen molar-refractivity contribution in [1.29, 1.82) is 0 Å². The third-order valence-corrected chi connectivity index (χ3v) is 4.15. The highest BCUT2D eigenvalue weighted by Crippen LogP contribution is 2.49. The minimum Gasteiger partial charge on any atom is -0.323 e. The van der Waals surface area contributed by atoms with E-state index in [2.05, 4.69) is 15.5 Å². The first-order valence-corrected chi connectivity index (χ1v) is 7.27. The number of hydrogen-bond acceptors (Lipinski definition) is 2. The maximum Gasteiger partial charge on any atom is 0.416 e. The molecule has 2 N–H and O–H groups in total. The molecule has 0 saturated heterocycles. The average molecular weight is 323 g/mol. The van der Waals surface area contributed by atoms with Crippen molar-refractivity contribution in [3.8, 4) is 0 Å². The highest BCUT2D eigenvalue weighted by molar-refractivity contribution is 5.96. The summed E-state index contributed by atoms with van der Waals surface area (Å²) in [5.41, 5.74) is 1.96. The number of nitrogens with one attached hydrogen (secondary N) is 2. The van der Waals surface area contributed by atoms with E-state index < -0.39 is 11.7 Å². The molecule has 7 heteroatoms. The van der Waals surface area contributed by atoms with Crippen LogP contribution in [0.5, 0.6) is 0 Å². The fourth-order valence-electron chi connectivity index (χ4n) is 2.75. The van der Waals surface area contributed by atoms with Gasteiger partial charge in [0.25, 0.3) is 0 Å². The van der Waals surface area contributed by atoms with Gasteiger partial charge in [-0.2, -0.15) is 18.3 Å². The fraction of sp³-hybridized carbons (Fsp3) is 0.375. The molecule has 1 aliphatic carbocycles. The molecule has 0 aliphatic heterocycles. The Hall–Kier alpha value is -2.31. The molecule has 0 spiro atoms. The van der Waals surface area contributed by atoms with Crippen LogP contribution in [0.3, 0.4) is 0 Å². The number of halogens is 3. The van der Waals surface area contributed by atoms with Crippen LogP contribution in [0.25, 0.3) is 0 Å². The zero-order valence-corrected chi connectivity index (χ0v) is 12.7. The van der Waals surface area contributed by atoms with Crippen molar-refractivity contribution in [3.05, 3.63) is 46.8 Å². The van der Waals surface area contributed by atoms with Gasteiger partial charge < -0.3 is 5.32 Å². The molecule has 122 valence electrons. The molecule has 3 rings (SSSR count). The monoisotopic (exact) mass is 323 g/mol. The van der Waals surface area contributed by atoms with Gasteiger partial charge in [-0.15, -0.1) is 0 Å². The highest BCUT2D eigenvalue weighted by atomic mass is 19.4. The third-order valence-electron chi connectivity index (χ3n) is 4.15. The van der Waals surface area contributed by atoms with E-state index in [1.54, 1.807) is 19.9 Å². The first-order chi connectivity index (χ1) is 10.8. The summed E-state index contributed by atoms with van der Waals surface area (Å²) in [4.78, 5) is 12.3. The third kappa shape index (κ3) is 3.09. The van der Waals surface area contributed by atoms with Crippen LogP contribution in [-0.2, 0) is 11.0 Å². The molecule has 1 aliphatic rings. The number of carbonyl (C=O) groups is 1. The predicted octanol–water partition coefficient (Wildman–Crippen LogP) is 3.79. The molecule has 1 aromatic heterocycles. The number of nitrogens with zero attached hydrogens (tertiary/aromatic N) is 1. The van der Waals surface area contributed by atoms with Gasteiger partial charge in [0.15, 0.2) is 0 Å². The first kappa shape index (κ1) is 15.6. The van der Waals surface area contributed by atoms with Gasteiger partial charge in [-0.05, 0) is 37.8 Å². The van der Waals surface area contributed by atoms with E-state index in [0.717, 1.165) is 17.8 Å². The van der Waals surface area contributed by atoms with Crippen LogP contribution in [0.2, 0.25) is 0 Å². The Balaban J connectivity index is 1.71. The van der Waals surface area contributed by atoms with Crippen LogP contribution in [0.4, 0.5) is 18.9 Å². The molecule has 2 aromatic rings. The summed E-state index contributed by atoms with van der Waals surface area (Å²) in [5.74, 6) is -0.642. The van der Waals surface area contributed by atoms with Crippen molar-refractivity contribution >= 4 is 11.6 Å². The summed E-state index contributed by atoms with van der Waals surface area (Å²) in [5, 5.41) is 9.59. The summed E-state index contributed by atoms with van der Waals surface area (Å²) in [7, 11) is 0. The van der Waals surface area contributed by atoms with Gasteiger partial charge in [0.2, 0.25) is 5.91 Å². The van der Waals surface area contributed by atoms with E-state index in [4.69, 9.17) is 0 Å². The predicted molar refractivity (Wildman–Crippen MR) is 79.0 cm³/mol. The lowest BCUT2D eigenvalue weighted by molar-refractivity contribution is -0.137. The number of benzene rings is 1. The van der Waals surface area contributed by atoms with E-state index in [9.17, 15) is 18.0 Å². The average Bonchev–Trinajstić information content (AvgIpc) is 3.24. The van der Waals surface area contributed by atoms with Gasteiger partial charge in [-0.25, -0.2) is 0 Å². The number of aromatic nitrogens is 2. The van der Waals surface area contributed by atoms with Crippen molar-refractivity contribution in [2.75, 3.05) is 5.32 Å². The molecule has 4 nitrogen and oxygen atoms in total. The number of alkyl halides is 3. The molecule has 1 aromatic carbocycles. The van der Waals surface area contributed by atoms with Crippen molar-refractivity contribution in [3.63, 3.8) is 0 Å². The van der Waals surface area contributed by atoms with Gasteiger partial charge in [0, 0.05) is 5.92 Å². The highest BCUT2D eigenvalue weighted by Gasteiger charge is 2.45. The lowest BCUT2D eigenvalue weighted by Crippen LogP contribution is -2.15. The van der Waals surface area contributed by atoms with E-state index in [-0.39, 0.29) is 17.7 Å². The normalized spacial score (nSPS) is 20.4. The van der Waals surface area contributed by atoms with E-state index in [1.165, 1.54) is 6.07 Å². The smallest absolute Gasteiger partial charge is 0.323 e. The van der Waals surface area contributed by atoms with Crippen LogP contribution in [0.15, 0.2) is 24.3 Å². The molecule has 23 heavy (non-hydrogen) atoms. The first-order valence-electron chi connectivity index (χ1n) is 7.27. The topological polar surface area (TPSA) is 57.8 Å². The number of amides is 1. The second-order valence-electron chi connectivity index (χ2n) is 5.87. The molecule has 1 fully saturated rings. The second kappa shape index (κ2) is 5.40. The quantitative estimate of drug-likeness (QED) is 0.903. The number of rotatable bonds is 3. The van der Waals surface area contributed by atoms with Gasteiger partial charge in [-0.1, -0.05) is 18.2 Å². The Kier molecular flexibility index (Phi) is 3.66. The summed E-state index contributed by atoms with van der Waals surface area (Å²) in [6, 6.07) is 5.20. The Labute approximate surface area is 131 Å². The van der Waals surface area contributed by atoms with Crippen LogP contribution in [-0.4, -0.2) is 16.1 Å². The van der Waals surface area contributed by atoms with E-state index >= 15 is 0 Å². The molecular formula is C16H16F3N3O. The molecule has 1 saturated carbocycles. The minimum atomic E-state index is -4.37. The standard InChI is InChI=1S/C16H16F3N3O/c1-8-14(9(2)22-21-8)20-15(23)13-7-12(13)10-4-3-5-11(6-10)16(17,18)19/h3-6,12-13H,7H2,1-2H3,(H,20,23)(H,21,22). The Morgan fingerprint density at radius 3 is 2.70 bits per heavy atom. The van der Waals surface area contributed by atoms with Crippen molar-refractivity contribution in [2.24, 2.45) is 5.92 Å².